The monoisotopic (exact) mass is 208 g/mol. The van der Waals surface area contributed by atoms with E-state index in [1.54, 1.807) is 0 Å². The Bertz CT molecular complexity index is 192. The molecular weight excluding hydrogens is 184 g/mol. The van der Waals surface area contributed by atoms with Crippen LogP contribution in [0.1, 0.15) is 58.3 Å². The number of allylic oxidation sites excluding steroid dienone is 3. The first-order valence-corrected chi connectivity index (χ1v) is 6.10. The highest BCUT2D eigenvalue weighted by atomic mass is 16.1. The Balaban J connectivity index is 3.08. The first kappa shape index (κ1) is 14.2. The van der Waals surface area contributed by atoms with E-state index in [0.29, 0.717) is 12.2 Å². The molecule has 0 aliphatic carbocycles. The second-order valence-electron chi connectivity index (χ2n) is 3.86. The van der Waals surface area contributed by atoms with Crippen LogP contribution in [-0.4, -0.2) is 5.78 Å². The number of Topliss-reactive ketones (excluding diaryl/α,β-unsaturated/α-hetero) is 1. The summed E-state index contributed by atoms with van der Waals surface area (Å²) in [6.45, 7) is 5.56. The van der Waals surface area contributed by atoms with E-state index in [1.165, 1.54) is 25.7 Å². The highest BCUT2D eigenvalue weighted by Gasteiger charge is 1.97. The molecule has 1 heteroatoms. The van der Waals surface area contributed by atoms with Gasteiger partial charge in [-0.05, 0) is 19.3 Å². The van der Waals surface area contributed by atoms with Gasteiger partial charge in [0.05, 0.1) is 0 Å². The first-order chi connectivity index (χ1) is 7.31. The molecule has 0 bridgehead atoms. The van der Waals surface area contributed by atoms with E-state index in [1.807, 2.05) is 19.1 Å². The zero-order chi connectivity index (χ0) is 11.4. The molecule has 0 aliphatic rings. The maximum Gasteiger partial charge on any atom is 0.132 e. The first-order valence-electron chi connectivity index (χ1n) is 6.10. The Morgan fingerprint density at radius 3 is 2.47 bits per heavy atom. The van der Waals surface area contributed by atoms with Crippen LogP contribution >= 0.6 is 0 Å². The molecule has 0 heterocycles. The average molecular weight is 208 g/mol. The summed E-state index contributed by atoms with van der Waals surface area (Å²) in [4.78, 5) is 11.0. The summed E-state index contributed by atoms with van der Waals surface area (Å²) in [5, 5.41) is 0. The van der Waals surface area contributed by atoms with Crippen molar-refractivity contribution in [1.29, 1.82) is 0 Å². The molecule has 1 nitrogen and oxygen atoms in total. The fourth-order valence-corrected chi connectivity index (χ4v) is 1.48. The summed E-state index contributed by atoms with van der Waals surface area (Å²) in [5.74, 6) is 0.406. The van der Waals surface area contributed by atoms with Crippen LogP contribution in [0.4, 0.5) is 0 Å². The Morgan fingerprint density at radius 1 is 1.13 bits per heavy atom. The van der Waals surface area contributed by atoms with Gasteiger partial charge in [-0.2, -0.15) is 0 Å². The molecule has 0 amide bonds. The SMILES string of the molecule is C=C/C=C/CCCCCCCC(=O)CC. The third kappa shape index (κ3) is 11.1. The molecule has 0 aromatic heterocycles. The van der Waals surface area contributed by atoms with Gasteiger partial charge in [-0.1, -0.05) is 51.0 Å². The lowest BCUT2D eigenvalue weighted by atomic mass is 10.1. The number of hydrogen-bond acceptors (Lipinski definition) is 1. The molecule has 86 valence electrons. The number of unbranched alkanes of at least 4 members (excludes halogenated alkanes) is 5. The molecule has 0 unspecified atom stereocenters. The number of hydrogen-bond donors (Lipinski definition) is 0. The van der Waals surface area contributed by atoms with E-state index in [4.69, 9.17) is 0 Å². The molecule has 0 spiro atoms. The average Bonchev–Trinajstić information content (AvgIpc) is 2.26. The summed E-state index contributed by atoms with van der Waals surface area (Å²) in [6, 6.07) is 0. The van der Waals surface area contributed by atoms with Crippen LogP contribution in [0, 0.1) is 0 Å². The van der Waals surface area contributed by atoms with Crippen molar-refractivity contribution in [3.63, 3.8) is 0 Å². The summed E-state index contributed by atoms with van der Waals surface area (Å²) >= 11 is 0. The van der Waals surface area contributed by atoms with Gasteiger partial charge in [0.25, 0.3) is 0 Å². The highest BCUT2D eigenvalue weighted by molar-refractivity contribution is 5.77. The molecule has 0 rings (SSSR count). The van der Waals surface area contributed by atoms with Gasteiger partial charge in [0.2, 0.25) is 0 Å². The molecule has 0 aliphatic heterocycles. The fraction of sp³-hybridized carbons (Fsp3) is 0.643. The van der Waals surface area contributed by atoms with Crippen LogP contribution in [0.2, 0.25) is 0 Å². The Morgan fingerprint density at radius 2 is 1.80 bits per heavy atom. The van der Waals surface area contributed by atoms with Gasteiger partial charge in [0, 0.05) is 12.8 Å². The van der Waals surface area contributed by atoms with Crippen LogP contribution in [-0.2, 0) is 4.79 Å². The van der Waals surface area contributed by atoms with Gasteiger partial charge in [-0.15, -0.1) is 0 Å². The third-order valence-electron chi connectivity index (χ3n) is 2.49. The van der Waals surface area contributed by atoms with Crippen molar-refractivity contribution in [3.05, 3.63) is 24.8 Å². The van der Waals surface area contributed by atoms with Crippen molar-refractivity contribution in [2.24, 2.45) is 0 Å². The normalized spacial score (nSPS) is 10.7. The van der Waals surface area contributed by atoms with E-state index in [-0.39, 0.29) is 0 Å². The molecule has 0 fully saturated rings. The van der Waals surface area contributed by atoms with Gasteiger partial charge in [-0.3, -0.25) is 4.79 Å². The number of ketones is 1. The maximum atomic E-state index is 11.0. The largest absolute Gasteiger partial charge is 0.300 e. The van der Waals surface area contributed by atoms with E-state index < -0.39 is 0 Å². The lowest BCUT2D eigenvalue weighted by Crippen LogP contribution is -1.93. The zero-order valence-electron chi connectivity index (χ0n) is 10.0. The van der Waals surface area contributed by atoms with Crippen LogP contribution in [0.3, 0.4) is 0 Å². The van der Waals surface area contributed by atoms with E-state index >= 15 is 0 Å². The van der Waals surface area contributed by atoms with E-state index in [2.05, 4.69) is 12.7 Å². The van der Waals surface area contributed by atoms with E-state index in [9.17, 15) is 4.79 Å². The minimum absolute atomic E-state index is 0.406. The van der Waals surface area contributed by atoms with Gasteiger partial charge in [0.15, 0.2) is 0 Å². The van der Waals surface area contributed by atoms with Crippen molar-refractivity contribution < 1.29 is 4.79 Å². The maximum absolute atomic E-state index is 11.0. The van der Waals surface area contributed by atoms with Crippen molar-refractivity contribution in [1.82, 2.24) is 0 Å². The van der Waals surface area contributed by atoms with Crippen molar-refractivity contribution in [2.75, 3.05) is 0 Å². The quantitative estimate of drug-likeness (QED) is 0.383. The zero-order valence-corrected chi connectivity index (χ0v) is 10.0. The standard InChI is InChI=1S/C14H24O/c1-3-5-6-7-8-9-10-11-12-13-14(15)4-2/h3,5-6H,1,4,7-13H2,2H3/b6-5+. The van der Waals surface area contributed by atoms with Crippen LogP contribution in [0.15, 0.2) is 24.8 Å². The van der Waals surface area contributed by atoms with Crippen molar-refractivity contribution >= 4 is 5.78 Å². The molecule has 0 aromatic rings. The summed E-state index contributed by atoms with van der Waals surface area (Å²) in [6.07, 6.45) is 14.7. The lowest BCUT2D eigenvalue weighted by Gasteiger charge is -1.99. The molecular formula is C14H24O. The Kier molecular flexibility index (Phi) is 10.6. The molecule has 0 saturated heterocycles. The fourth-order valence-electron chi connectivity index (χ4n) is 1.48. The molecule has 0 radical (unpaired) electrons. The van der Waals surface area contributed by atoms with Crippen molar-refractivity contribution in [3.8, 4) is 0 Å². The van der Waals surface area contributed by atoms with Crippen molar-refractivity contribution in [2.45, 2.75) is 58.3 Å². The van der Waals surface area contributed by atoms with Gasteiger partial charge in [-0.25, -0.2) is 0 Å². The second kappa shape index (κ2) is 11.2. The minimum atomic E-state index is 0.406. The van der Waals surface area contributed by atoms with Gasteiger partial charge < -0.3 is 0 Å². The topological polar surface area (TPSA) is 17.1 Å². The minimum Gasteiger partial charge on any atom is -0.300 e. The predicted molar refractivity (Wildman–Crippen MR) is 67.0 cm³/mol. The van der Waals surface area contributed by atoms with Crippen LogP contribution < -0.4 is 0 Å². The molecule has 15 heavy (non-hydrogen) atoms. The number of rotatable bonds is 10. The van der Waals surface area contributed by atoms with Crippen LogP contribution in [0.5, 0.6) is 0 Å². The molecule has 0 saturated carbocycles. The van der Waals surface area contributed by atoms with Crippen LogP contribution in [0.25, 0.3) is 0 Å². The summed E-state index contributed by atoms with van der Waals surface area (Å²) in [5.41, 5.74) is 0. The smallest absolute Gasteiger partial charge is 0.132 e. The molecule has 0 atom stereocenters. The third-order valence-corrected chi connectivity index (χ3v) is 2.49. The lowest BCUT2D eigenvalue weighted by molar-refractivity contribution is -0.118. The predicted octanol–water partition coefficient (Wildman–Crippen LogP) is 4.44. The Hall–Kier alpha value is -0.850. The van der Waals surface area contributed by atoms with E-state index in [0.717, 1.165) is 19.3 Å². The Labute approximate surface area is 94.3 Å². The summed E-state index contributed by atoms with van der Waals surface area (Å²) < 4.78 is 0. The molecule has 0 aromatic carbocycles. The number of carbonyl (C=O) groups is 1. The van der Waals surface area contributed by atoms with Gasteiger partial charge >= 0.3 is 0 Å². The highest BCUT2D eigenvalue weighted by Crippen LogP contribution is 2.08. The molecule has 0 N–H and O–H groups in total. The second-order valence-corrected chi connectivity index (χ2v) is 3.86. The van der Waals surface area contributed by atoms with Gasteiger partial charge in [0.1, 0.15) is 5.78 Å². The summed E-state index contributed by atoms with van der Waals surface area (Å²) in [7, 11) is 0. The number of carbonyl (C=O) groups excluding carboxylic acids is 1.